The summed E-state index contributed by atoms with van der Waals surface area (Å²) in [5, 5.41) is 2.24. The molecule has 1 heterocycles. The lowest BCUT2D eigenvalue weighted by molar-refractivity contribution is -0.149. The van der Waals surface area contributed by atoms with Crippen molar-refractivity contribution < 1.29 is 31.5 Å². The summed E-state index contributed by atoms with van der Waals surface area (Å²) in [5.41, 5.74) is -0.730. The van der Waals surface area contributed by atoms with Crippen molar-refractivity contribution in [2.45, 2.75) is 24.7 Å². The first-order valence-corrected chi connectivity index (χ1v) is 12.1. The molecule has 1 amide bonds. The van der Waals surface area contributed by atoms with Gasteiger partial charge in [-0.25, -0.2) is 17.2 Å². The van der Waals surface area contributed by atoms with E-state index in [0.29, 0.717) is 17.3 Å². The van der Waals surface area contributed by atoms with Crippen LogP contribution in [0.4, 0.5) is 14.5 Å². The van der Waals surface area contributed by atoms with Gasteiger partial charge in [0.15, 0.2) is 0 Å². The second kappa shape index (κ2) is 10.1. The van der Waals surface area contributed by atoms with Gasteiger partial charge in [0, 0.05) is 17.6 Å². The molecular weight excluding hydrogens is 510 g/mol. The average molecular weight is 531 g/mol. The van der Waals surface area contributed by atoms with Gasteiger partial charge in [0.25, 0.3) is 5.91 Å². The van der Waals surface area contributed by atoms with Crippen molar-refractivity contribution in [1.82, 2.24) is 4.31 Å². The Morgan fingerprint density at radius 1 is 1.19 bits per heavy atom. The van der Waals surface area contributed by atoms with Crippen LogP contribution in [-0.4, -0.2) is 44.3 Å². The molecule has 2 aromatic rings. The third-order valence-corrected chi connectivity index (χ3v) is 7.36. The molecule has 1 aliphatic heterocycles. The predicted molar refractivity (Wildman–Crippen MR) is 117 cm³/mol. The van der Waals surface area contributed by atoms with E-state index in [1.165, 1.54) is 12.1 Å². The summed E-state index contributed by atoms with van der Waals surface area (Å²) in [7, 11) is -4.10. The number of nitrogens with one attached hydrogen (secondary N) is 1. The first kappa shape index (κ1) is 24.3. The number of amides is 1. The van der Waals surface area contributed by atoms with E-state index in [0.717, 1.165) is 28.6 Å². The van der Waals surface area contributed by atoms with Crippen LogP contribution in [0.1, 0.15) is 30.1 Å². The average Bonchev–Trinajstić information content (AvgIpc) is 2.76. The Morgan fingerprint density at radius 3 is 2.62 bits per heavy atom. The van der Waals surface area contributed by atoms with Crippen LogP contribution < -0.4 is 5.32 Å². The number of ether oxygens (including phenoxy) is 1. The zero-order chi connectivity index (χ0) is 23.5. The molecule has 1 fully saturated rings. The monoisotopic (exact) mass is 530 g/mol. The molecule has 7 nitrogen and oxygen atoms in total. The molecular formula is C21H21BrF2N2O5S. The molecule has 0 radical (unpaired) electrons. The van der Waals surface area contributed by atoms with E-state index in [1.807, 2.05) is 0 Å². The molecule has 172 valence electrons. The number of nitrogens with zero attached hydrogens (tertiary/aromatic N) is 1. The van der Waals surface area contributed by atoms with Gasteiger partial charge < -0.3 is 10.1 Å². The molecule has 3 rings (SSSR count). The van der Waals surface area contributed by atoms with E-state index in [1.54, 1.807) is 6.92 Å². The highest BCUT2D eigenvalue weighted by atomic mass is 79.9. The van der Waals surface area contributed by atoms with Gasteiger partial charge in [-0.15, -0.1) is 0 Å². The van der Waals surface area contributed by atoms with Gasteiger partial charge in [-0.05, 0) is 56.2 Å². The maximum Gasteiger partial charge on any atom is 0.310 e. The molecule has 2 aromatic carbocycles. The Bertz CT molecular complexity index is 1140. The van der Waals surface area contributed by atoms with Crippen molar-refractivity contribution in [1.29, 1.82) is 0 Å². The lowest BCUT2D eigenvalue weighted by atomic mass is 10.0. The van der Waals surface area contributed by atoms with Gasteiger partial charge in [-0.2, -0.15) is 4.31 Å². The Kier molecular flexibility index (Phi) is 7.63. The van der Waals surface area contributed by atoms with Crippen LogP contribution in [0.2, 0.25) is 0 Å². The third-order valence-electron chi connectivity index (χ3n) is 5.00. The second-order valence-electron chi connectivity index (χ2n) is 7.17. The molecule has 1 unspecified atom stereocenters. The lowest BCUT2D eigenvalue weighted by Crippen LogP contribution is -2.42. The summed E-state index contributed by atoms with van der Waals surface area (Å²) in [6, 6.07) is 6.74. The molecule has 0 bridgehead atoms. The van der Waals surface area contributed by atoms with E-state index in [2.05, 4.69) is 21.2 Å². The van der Waals surface area contributed by atoms with Crippen LogP contribution in [0, 0.1) is 17.6 Å². The quantitative estimate of drug-likeness (QED) is 0.571. The highest BCUT2D eigenvalue weighted by Gasteiger charge is 2.34. The smallest absolute Gasteiger partial charge is 0.310 e. The van der Waals surface area contributed by atoms with Crippen molar-refractivity contribution in [2.75, 3.05) is 25.0 Å². The van der Waals surface area contributed by atoms with Gasteiger partial charge in [0.2, 0.25) is 10.0 Å². The van der Waals surface area contributed by atoms with Crippen LogP contribution in [0.3, 0.4) is 0 Å². The Hall–Kier alpha value is -2.37. The molecule has 32 heavy (non-hydrogen) atoms. The topological polar surface area (TPSA) is 92.8 Å². The summed E-state index contributed by atoms with van der Waals surface area (Å²) in [5.74, 6) is -3.76. The number of anilines is 1. The molecule has 1 atom stereocenters. The summed E-state index contributed by atoms with van der Waals surface area (Å²) in [6.45, 7) is 1.98. The number of rotatable bonds is 6. The molecule has 0 spiro atoms. The number of benzene rings is 2. The fraction of sp³-hybridized carbons (Fsp3) is 0.333. The minimum Gasteiger partial charge on any atom is -0.466 e. The number of carbonyl (C=O) groups excluding carboxylic acids is 2. The lowest BCUT2D eigenvalue weighted by Gasteiger charge is -2.30. The number of sulfonamides is 1. The fourth-order valence-corrected chi connectivity index (χ4v) is 5.27. The van der Waals surface area contributed by atoms with Gasteiger partial charge in [0.1, 0.15) is 11.6 Å². The van der Waals surface area contributed by atoms with Gasteiger partial charge in [-0.1, -0.05) is 15.9 Å². The number of hydrogen-bond acceptors (Lipinski definition) is 5. The van der Waals surface area contributed by atoms with Crippen molar-refractivity contribution >= 4 is 43.5 Å². The summed E-state index contributed by atoms with van der Waals surface area (Å²) >= 11 is 3.10. The van der Waals surface area contributed by atoms with Crippen LogP contribution in [0.25, 0.3) is 0 Å². The molecule has 1 N–H and O–H groups in total. The van der Waals surface area contributed by atoms with Gasteiger partial charge >= 0.3 is 5.97 Å². The van der Waals surface area contributed by atoms with Gasteiger partial charge in [-0.3, -0.25) is 9.59 Å². The SMILES string of the molecule is CCOC(=O)C1CCCN(S(=O)(=O)c2ccc(F)c(C(=O)Nc3ccc(Br)cc3F)c2)C1. The van der Waals surface area contributed by atoms with Crippen LogP contribution in [0.15, 0.2) is 45.8 Å². The first-order valence-electron chi connectivity index (χ1n) is 9.86. The minimum atomic E-state index is -4.10. The maximum absolute atomic E-state index is 14.3. The first-order chi connectivity index (χ1) is 15.1. The van der Waals surface area contributed by atoms with Crippen LogP contribution >= 0.6 is 15.9 Å². The molecule has 1 saturated heterocycles. The summed E-state index contributed by atoms with van der Waals surface area (Å²) < 4.78 is 61.1. The second-order valence-corrected chi connectivity index (χ2v) is 10.0. The number of piperidine rings is 1. The third kappa shape index (κ3) is 5.33. The Labute approximate surface area is 192 Å². The highest BCUT2D eigenvalue weighted by Crippen LogP contribution is 2.26. The zero-order valence-corrected chi connectivity index (χ0v) is 19.5. The standard InChI is InChI=1S/C21H21BrF2N2O5S/c1-2-31-21(28)13-4-3-9-26(12-13)32(29,30)15-6-7-17(23)16(11-15)20(27)25-19-8-5-14(22)10-18(19)24/h5-8,10-11,13H,2-4,9,12H2,1H3,(H,25,27). The normalized spacial score (nSPS) is 17.1. The summed E-state index contributed by atoms with van der Waals surface area (Å²) in [4.78, 5) is 24.3. The minimum absolute atomic E-state index is 0.0653. The van der Waals surface area contributed by atoms with E-state index < -0.39 is 45.0 Å². The number of carbonyl (C=O) groups is 2. The Balaban J connectivity index is 1.85. The van der Waals surface area contributed by atoms with E-state index >= 15 is 0 Å². The fourth-order valence-electron chi connectivity index (χ4n) is 3.38. The number of halogens is 3. The summed E-state index contributed by atoms with van der Waals surface area (Å²) in [6.07, 6.45) is 0.959. The molecule has 1 aliphatic rings. The van der Waals surface area contributed by atoms with E-state index in [9.17, 15) is 26.8 Å². The van der Waals surface area contributed by atoms with E-state index in [-0.39, 0.29) is 30.3 Å². The van der Waals surface area contributed by atoms with Crippen molar-refractivity contribution in [3.63, 3.8) is 0 Å². The molecule has 0 aromatic heterocycles. The maximum atomic E-state index is 14.3. The van der Waals surface area contributed by atoms with Crippen LogP contribution in [0.5, 0.6) is 0 Å². The Morgan fingerprint density at radius 2 is 1.94 bits per heavy atom. The van der Waals surface area contributed by atoms with Crippen molar-refractivity contribution in [3.05, 3.63) is 58.1 Å². The molecule has 11 heteroatoms. The number of hydrogen-bond donors (Lipinski definition) is 1. The zero-order valence-electron chi connectivity index (χ0n) is 17.1. The van der Waals surface area contributed by atoms with Crippen molar-refractivity contribution in [3.8, 4) is 0 Å². The molecule has 0 aliphatic carbocycles. The van der Waals surface area contributed by atoms with Crippen molar-refractivity contribution in [2.24, 2.45) is 5.92 Å². The molecule has 0 saturated carbocycles. The van der Waals surface area contributed by atoms with Crippen LogP contribution in [-0.2, 0) is 19.6 Å². The largest absolute Gasteiger partial charge is 0.466 e. The number of esters is 1. The predicted octanol–water partition coefficient (Wildman–Crippen LogP) is 3.94. The van der Waals surface area contributed by atoms with E-state index in [4.69, 9.17) is 4.74 Å². The highest BCUT2D eigenvalue weighted by molar-refractivity contribution is 9.10. The van der Waals surface area contributed by atoms with Gasteiger partial charge in [0.05, 0.1) is 28.7 Å².